The summed E-state index contributed by atoms with van der Waals surface area (Å²) in [5.41, 5.74) is 1.51. The fourth-order valence-corrected chi connectivity index (χ4v) is 1.65. The smallest absolute Gasteiger partial charge is 0.109 e. The molecule has 1 rings (SSSR count). The predicted octanol–water partition coefficient (Wildman–Crippen LogP) is 1.62. The van der Waals surface area contributed by atoms with E-state index in [1.54, 1.807) is 0 Å². The van der Waals surface area contributed by atoms with Crippen LogP contribution in [0.15, 0.2) is 21.2 Å². The van der Waals surface area contributed by atoms with Crippen molar-refractivity contribution < 1.29 is 0 Å². The van der Waals surface area contributed by atoms with Crippen molar-refractivity contribution in [1.29, 1.82) is 0 Å². The fourth-order valence-electron chi connectivity index (χ4n) is 0.804. The molecule has 0 saturated carbocycles. The standard InChI is InChI=1S/C6H8BI/c7-5-2-1-3-6(8)4-5/h3-4H,1-2,7H2. The normalized spacial score (nSPS) is 19.6. The quantitative estimate of drug-likeness (QED) is 0.428. The molecule has 0 nitrogen and oxygen atoms in total. The monoisotopic (exact) mass is 218 g/mol. The van der Waals surface area contributed by atoms with Crippen LogP contribution in [0, 0.1) is 0 Å². The number of allylic oxidation sites excluding steroid dienone is 4. The van der Waals surface area contributed by atoms with Gasteiger partial charge in [0.05, 0.1) is 0 Å². The summed E-state index contributed by atoms with van der Waals surface area (Å²) in [6.07, 6.45) is 7.00. The molecular weight excluding hydrogens is 210 g/mol. The van der Waals surface area contributed by atoms with Crippen molar-refractivity contribution in [3.63, 3.8) is 0 Å². The first-order valence-electron chi connectivity index (χ1n) is 2.82. The first-order valence-corrected chi connectivity index (χ1v) is 3.90. The Bertz CT molecular complexity index is 147. The first-order chi connectivity index (χ1) is 3.79. The molecule has 0 aromatic heterocycles. The van der Waals surface area contributed by atoms with Gasteiger partial charge in [-0.15, -0.1) is 5.47 Å². The van der Waals surface area contributed by atoms with Crippen LogP contribution >= 0.6 is 22.6 Å². The summed E-state index contributed by atoms with van der Waals surface area (Å²) < 4.78 is 1.39. The number of hydrogen-bond acceptors (Lipinski definition) is 0. The molecule has 2 heteroatoms. The van der Waals surface area contributed by atoms with Gasteiger partial charge in [-0.05, 0) is 35.4 Å². The van der Waals surface area contributed by atoms with Crippen molar-refractivity contribution in [2.24, 2.45) is 0 Å². The molecule has 42 valence electrons. The van der Waals surface area contributed by atoms with E-state index in [9.17, 15) is 0 Å². The molecule has 0 saturated heterocycles. The summed E-state index contributed by atoms with van der Waals surface area (Å²) in [5, 5.41) is 0. The van der Waals surface area contributed by atoms with E-state index in [-0.39, 0.29) is 0 Å². The van der Waals surface area contributed by atoms with Crippen molar-refractivity contribution in [2.45, 2.75) is 12.8 Å². The molecule has 0 fully saturated rings. The summed E-state index contributed by atoms with van der Waals surface area (Å²) in [5.74, 6) is 0. The van der Waals surface area contributed by atoms with E-state index in [2.05, 4.69) is 42.6 Å². The van der Waals surface area contributed by atoms with Crippen LogP contribution < -0.4 is 0 Å². The van der Waals surface area contributed by atoms with Crippen LogP contribution in [-0.4, -0.2) is 7.85 Å². The SMILES string of the molecule is BC1=CC(I)=CCC1. The molecule has 0 aromatic carbocycles. The van der Waals surface area contributed by atoms with Crippen molar-refractivity contribution in [3.8, 4) is 0 Å². The minimum absolute atomic E-state index is 1.24. The molecular formula is C6H8BI. The second kappa shape index (κ2) is 2.71. The first kappa shape index (κ1) is 6.40. The number of rotatable bonds is 0. The van der Waals surface area contributed by atoms with Crippen LogP contribution in [0.3, 0.4) is 0 Å². The van der Waals surface area contributed by atoms with E-state index in [1.807, 2.05) is 0 Å². The van der Waals surface area contributed by atoms with Crippen LogP contribution in [0.2, 0.25) is 0 Å². The van der Waals surface area contributed by atoms with E-state index < -0.39 is 0 Å². The zero-order valence-electron chi connectivity index (χ0n) is 4.95. The summed E-state index contributed by atoms with van der Waals surface area (Å²) in [6, 6.07) is 0. The Balaban J connectivity index is 2.69. The van der Waals surface area contributed by atoms with E-state index in [0.717, 1.165) is 0 Å². The van der Waals surface area contributed by atoms with Crippen LogP contribution in [0.5, 0.6) is 0 Å². The molecule has 0 radical (unpaired) electrons. The zero-order valence-corrected chi connectivity index (χ0v) is 7.10. The maximum Gasteiger partial charge on any atom is 0.133 e. The molecule has 0 bridgehead atoms. The minimum Gasteiger partial charge on any atom is -0.109 e. The molecule has 1 aliphatic rings. The minimum atomic E-state index is 1.24. The summed E-state index contributed by atoms with van der Waals surface area (Å²) in [7, 11) is 2.19. The lowest BCUT2D eigenvalue weighted by Crippen LogP contribution is -1.86. The topological polar surface area (TPSA) is 0 Å². The van der Waals surface area contributed by atoms with Gasteiger partial charge >= 0.3 is 0 Å². The third-order valence-electron chi connectivity index (χ3n) is 1.26. The van der Waals surface area contributed by atoms with Gasteiger partial charge in [-0.2, -0.15) is 0 Å². The maximum atomic E-state index is 2.36. The molecule has 1 aliphatic carbocycles. The van der Waals surface area contributed by atoms with Gasteiger partial charge in [-0.1, -0.05) is 12.2 Å². The Hall–Kier alpha value is 0.275. The van der Waals surface area contributed by atoms with Crippen molar-refractivity contribution in [3.05, 3.63) is 21.2 Å². The Labute approximate surface area is 64.6 Å². The van der Waals surface area contributed by atoms with Gasteiger partial charge in [0.25, 0.3) is 0 Å². The fraction of sp³-hybridized carbons (Fsp3) is 0.333. The van der Waals surface area contributed by atoms with Gasteiger partial charge in [0.15, 0.2) is 0 Å². The van der Waals surface area contributed by atoms with Crippen LogP contribution in [-0.2, 0) is 0 Å². The van der Waals surface area contributed by atoms with E-state index in [4.69, 9.17) is 0 Å². The Morgan fingerprint density at radius 1 is 1.62 bits per heavy atom. The largest absolute Gasteiger partial charge is 0.133 e. The van der Waals surface area contributed by atoms with E-state index in [1.165, 1.54) is 21.9 Å². The highest BCUT2D eigenvalue weighted by atomic mass is 127. The van der Waals surface area contributed by atoms with Gasteiger partial charge in [-0.3, -0.25) is 0 Å². The van der Waals surface area contributed by atoms with Crippen LogP contribution in [0.25, 0.3) is 0 Å². The molecule has 0 heterocycles. The highest BCUT2D eigenvalue weighted by molar-refractivity contribution is 14.1. The third-order valence-corrected chi connectivity index (χ3v) is 2.01. The number of halogens is 1. The predicted molar refractivity (Wildman–Crippen MR) is 48.0 cm³/mol. The lowest BCUT2D eigenvalue weighted by molar-refractivity contribution is 1.01. The molecule has 0 N–H and O–H groups in total. The van der Waals surface area contributed by atoms with Crippen molar-refractivity contribution >= 4 is 30.4 Å². The molecule has 0 aliphatic heterocycles. The van der Waals surface area contributed by atoms with Gasteiger partial charge in [0.2, 0.25) is 0 Å². The highest BCUT2D eigenvalue weighted by Gasteiger charge is 1.95. The van der Waals surface area contributed by atoms with Gasteiger partial charge < -0.3 is 0 Å². The van der Waals surface area contributed by atoms with Gasteiger partial charge in [0.1, 0.15) is 7.85 Å². The molecule has 0 amide bonds. The average molecular weight is 218 g/mol. The molecule has 8 heavy (non-hydrogen) atoms. The van der Waals surface area contributed by atoms with Crippen molar-refractivity contribution in [2.75, 3.05) is 0 Å². The van der Waals surface area contributed by atoms with Gasteiger partial charge in [-0.25, -0.2) is 0 Å². The average Bonchev–Trinajstić information content (AvgIpc) is 1.64. The van der Waals surface area contributed by atoms with Crippen LogP contribution in [0.4, 0.5) is 0 Å². The molecule has 0 aromatic rings. The van der Waals surface area contributed by atoms with Crippen molar-refractivity contribution in [1.82, 2.24) is 0 Å². The maximum absolute atomic E-state index is 2.36. The zero-order chi connectivity index (χ0) is 5.98. The lowest BCUT2D eigenvalue weighted by atomic mass is 9.88. The highest BCUT2D eigenvalue weighted by Crippen LogP contribution is 2.18. The Morgan fingerprint density at radius 3 is 2.75 bits per heavy atom. The molecule has 0 unspecified atom stereocenters. The molecule has 0 atom stereocenters. The lowest BCUT2D eigenvalue weighted by Gasteiger charge is -2.03. The van der Waals surface area contributed by atoms with E-state index >= 15 is 0 Å². The summed E-state index contributed by atoms with van der Waals surface area (Å²) in [4.78, 5) is 0. The second-order valence-electron chi connectivity index (χ2n) is 2.12. The van der Waals surface area contributed by atoms with Crippen LogP contribution in [0.1, 0.15) is 12.8 Å². The Morgan fingerprint density at radius 2 is 2.38 bits per heavy atom. The third kappa shape index (κ3) is 1.65. The second-order valence-corrected chi connectivity index (χ2v) is 3.36. The molecule has 0 spiro atoms. The summed E-state index contributed by atoms with van der Waals surface area (Å²) >= 11 is 2.36. The van der Waals surface area contributed by atoms with E-state index in [0.29, 0.717) is 0 Å². The van der Waals surface area contributed by atoms with Gasteiger partial charge in [0, 0.05) is 3.58 Å². The number of hydrogen-bond donors (Lipinski definition) is 0. The summed E-state index contributed by atoms with van der Waals surface area (Å²) in [6.45, 7) is 0. The Kier molecular flexibility index (Phi) is 2.17.